The summed E-state index contributed by atoms with van der Waals surface area (Å²) >= 11 is 0. The number of piperazine rings is 1. The van der Waals surface area contributed by atoms with Crippen molar-refractivity contribution in [2.24, 2.45) is 4.99 Å². The lowest BCUT2D eigenvalue weighted by atomic mass is 10.2. The van der Waals surface area contributed by atoms with Gasteiger partial charge in [0.1, 0.15) is 18.5 Å². The molecule has 1 saturated heterocycles. The summed E-state index contributed by atoms with van der Waals surface area (Å²) < 4.78 is 11.8. The molecule has 0 amide bonds. The van der Waals surface area contributed by atoms with Crippen LogP contribution in [0.3, 0.4) is 0 Å². The number of nitrogens with one attached hydrogen (secondary N) is 1. The number of anilines is 1. The van der Waals surface area contributed by atoms with Gasteiger partial charge in [-0.3, -0.25) is 4.99 Å². The van der Waals surface area contributed by atoms with Crippen LogP contribution in [0.5, 0.6) is 11.5 Å². The summed E-state index contributed by atoms with van der Waals surface area (Å²) in [7, 11) is 1.82. The standard InChI is InChI=1S/C20H25N5O2.HI/c1-21-20(23-14-16-15-26-17-6-2-3-7-18(17)27-16)25-12-10-24(11-13-25)19-8-4-5-9-22-19;/h2-9,16H,10-15H2,1H3,(H,21,23);1H. The zero-order valence-corrected chi connectivity index (χ0v) is 18.3. The quantitative estimate of drug-likeness (QED) is 0.401. The van der Waals surface area contributed by atoms with Crippen molar-refractivity contribution in [2.45, 2.75) is 6.10 Å². The Morgan fingerprint density at radius 3 is 2.57 bits per heavy atom. The predicted octanol–water partition coefficient (Wildman–Crippen LogP) is 2.24. The number of fused-ring (bicyclic) bond motifs is 1. The number of hydrogen-bond acceptors (Lipinski definition) is 5. The van der Waals surface area contributed by atoms with Crippen LogP contribution in [0.4, 0.5) is 5.82 Å². The topological polar surface area (TPSA) is 62.2 Å². The van der Waals surface area contributed by atoms with E-state index in [1.807, 2.05) is 49.6 Å². The molecule has 1 fully saturated rings. The van der Waals surface area contributed by atoms with Gasteiger partial charge >= 0.3 is 0 Å². The van der Waals surface area contributed by atoms with Gasteiger partial charge in [-0.15, -0.1) is 24.0 Å². The third-order valence-corrected chi connectivity index (χ3v) is 4.82. The molecular formula is C20H26IN5O2. The molecule has 0 aliphatic carbocycles. The molecule has 2 aliphatic heterocycles. The summed E-state index contributed by atoms with van der Waals surface area (Å²) in [4.78, 5) is 13.5. The van der Waals surface area contributed by atoms with Crippen molar-refractivity contribution in [1.82, 2.24) is 15.2 Å². The highest BCUT2D eigenvalue weighted by Gasteiger charge is 2.23. The predicted molar refractivity (Wildman–Crippen MR) is 121 cm³/mol. The van der Waals surface area contributed by atoms with Crippen LogP contribution in [0, 0.1) is 0 Å². The second-order valence-corrected chi connectivity index (χ2v) is 6.59. The zero-order valence-electron chi connectivity index (χ0n) is 16.0. The molecular weight excluding hydrogens is 469 g/mol. The molecule has 0 radical (unpaired) electrons. The maximum Gasteiger partial charge on any atom is 0.193 e. The van der Waals surface area contributed by atoms with Crippen molar-refractivity contribution in [3.63, 3.8) is 0 Å². The minimum absolute atomic E-state index is 0. The van der Waals surface area contributed by atoms with Crippen LogP contribution < -0.4 is 19.7 Å². The van der Waals surface area contributed by atoms with Gasteiger partial charge < -0.3 is 24.6 Å². The van der Waals surface area contributed by atoms with E-state index >= 15 is 0 Å². The van der Waals surface area contributed by atoms with E-state index in [-0.39, 0.29) is 30.1 Å². The van der Waals surface area contributed by atoms with Crippen LogP contribution in [0.15, 0.2) is 53.7 Å². The number of aliphatic imine (C=N–C) groups is 1. The first-order valence-electron chi connectivity index (χ1n) is 9.33. The zero-order chi connectivity index (χ0) is 18.5. The van der Waals surface area contributed by atoms with Gasteiger partial charge in [-0.1, -0.05) is 18.2 Å². The molecule has 1 aromatic carbocycles. The van der Waals surface area contributed by atoms with E-state index < -0.39 is 0 Å². The van der Waals surface area contributed by atoms with Crippen LogP contribution in [-0.2, 0) is 0 Å². The first kappa shape index (κ1) is 20.5. The number of ether oxygens (including phenoxy) is 2. The molecule has 28 heavy (non-hydrogen) atoms. The monoisotopic (exact) mass is 495 g/mol. The molecule has 0 spiro atoms. The molecule has 1 atom stereocenters. The minimum Gasteiger partial charge on any atom is -0.486 e. The van der Waals surface area contributed by atoms with E-state index in [1.54, 1.807) is 0 Å². The SMILES string of the molecule is CN=C(NCC1COc2ccccc2O1)N1CCN(c2ccccn2)CC1.I. The number of halogens is 1. The van der Waals surface area contributed by atoms with Crippen molar-refractivity contribution >= 4 is 35.8 Å². The van der Waals surface area contributed by atoms with Gasteiger partial charge in [-0.05, 0) is 24.3 Å². The van der Waals surface area contributed by atoms with E-state index in [2.05, 4.69) is 31.2 Å². The van der Waals surface area contributed by atoms with Gasteiger partial charge in [0, 0.05) is 39.4 Å². The molecule has 2 aromatic rings. The normalized spacial score (nSPS) is 19.0. The highest BCUT2D eigenvalue weighted by molar-refractivity contribution is 14.0. The highest BCUT2D eigenvalue weighted by Crippen LogP contribution is 2.30. The lowest BCUT2D eigenvalue weighted by Gasteiger charge is -2.37. The summed E-state index contributed by atoms with van der Waals surface area (Å²) in [6, 6.07) is 13.8. The van der Waals surface area contributed by atoms with Gasteiger partial charge in [0.15, 0.2) is 17.5 Å². The lowest BCUT2D eigenvalue weighted by molar-refractivity contribution is 0.0930. The summed E-state index contributed by atoms with van der Waals surface area (Å²) in [5, 5.41) is 3.43. The van der Waals surface area contributed by atoms with Gasteiger partial charge in [-0.2, -0.15) is 0 Å². The van der Waals surface area contributed by atoms with Crippen LogP contribution in [0.1, 0.15) is 0 Å². The van der Waals surface area contributed by atoms with Crippen molar-refractivity contribution in [3.05, 3.63) is 48.7 Å². The van der Waals surface area contributed by atoms with Crippen molar-refractivity contribution in [3.8, 4) is 11.5 Å². The summed E-state index contributed by atoms with van der Waals surface area (Å²) in [6.07, 6.45) is 1.80. The number of aromatic nitrogens is 1. The number of pyridine rings is 1. The van der Waals surface area contributed by atoms with E-state index in [1.165, 1.54) is 0 Å². The van der Waals surface area contributed by atoms with Crippen LogP contribution in [0.2, 0.25) is 0 Å². The molecule has 7 nitrogen and oxygen atoms in total. The number of rotatable bonds is 3. The molecule has 4 rings (SSSR count). The second kappa shape index (κ2) is 9.81. The molecule has 8 heteroatoms. The summed E-state index contributed by atoms with van der Waals surface area (Å²) in [5.74, 6) is 3.54. The largest absolute Gasteiger partial charge is 0.486 e. The van der Waals surface area contributed by atoms with E-state index in [0.29, 0.717) is 13.2 Å². The lowest BCUT2D eigenvalue weighted by Crippen LogP contribution is -2.54. The Labute approximate surface area is 182 Å². The fourth-order valence-electron chi connectivity index (χ4n) is 3.39. The summed E-state index contributed by atoms with van der Waals surface area (Å²) in [5.41, 5.74) is 0. The Morgan fingerprint density at radius 2 is 1.86 bits per heavy atom. The third-order valence-electron chi connectivity index (χ3n) is 4.82. The van der Waals surface area contributed by atoms with Crippen LogP contribution in [0.25, 0.3) is 0 Å². The Bertz CT molecular complexity index is 781. The molecule has 1 N–H and O–H groups in total. The van der Waals surface area contributed by atoms with Gasteiger partial charge in [-0.25, -0.2) is 4.98 Å². The maximum atomic E-state index is 6.01. The Hall–Kier alpha value is -2.23. The Morgan fingerprint density at radius 1 is 1.11 bits per heavy atom. The van der Waals surface area contributed by atoms with E-state index in [0.717, 1.165) is 49.5 Å². The van der Waals surface area contributed by atoms with E-state index in [4.69, 9.17) is 9.47 Å². The minimum atomic E-state index is -0.0357. The third kappa shape index (κ3) is 4.78. The first-order chi connectivity index (χ1) is 13.3. The summed E-state index contributed by atoms with van der Waals surface area (Å²) in [6.45, 7) is 4.85. The average molecular weight is 495 g/mol. The molecule has 2 aliphatic rings. The maximum absolute atomic E-state index is 6.01. The van der Waals surface area contributed by atoms with Gasteiger partial charge in [0.25, 0.3) is 0 Å². The highest BCUT2D eigenvalue weighted by atomic mass is 127. The van der Waals surface area contributed by atoms with E-state index in [9.17, 15) is 0 Å². The first-order valence-corrected chi connectivity index (χ1v) is 9.33. The van der Waals surface area contributed by atoms with Crippen molar-refractivity contribution in [1.29, 1.82) is 0 Å². The molecule has 0 saturated carbocycles. The number of guanidine groups is 1. The molecule has 150 valence electrons. The fourth-order valence-corrected chi connectivity index (χ4v) is 3.39. The van der Waals surface area contributed by atoms with Crippen LogP contribution in [-0.4, -0.2) is 68.3 Å². The molecule has 1 aromatic heterocycles. The Kier molecular flexibility index (Phi) is 7.18. The second-order valence-electron chi connectivity index (χ2n) is 6.59. The fraction of sp³-hybridized carbons (Fsp3) is 0.400. The van der Waals surface area contributed by atoms with Crippen molar-refractivity contribution in [2.75, 3.05) is 51.3 Å². The molecule has 3 heterocycles. The smallest absolute Gasteiger partial charge is 0.193 e. The molecule has 1 unspecified atom stereocenters. The average Bonchev–Trinajstić information content (AvgIpc) is 2.75. The molecule has 0 bridgehead atoms. The van der Waals surface area contributed by atoms with Crippen LogP contribution >= 0.6 is 24.0 Å². The van der Waals surface area contributed by atoms with Crippen molar-refractivity contribution < 1.29 is 9.47 Å². The number of hydrogen-bond donors (Lipinski definition) is 1. The number of para-hydroxylation sites is 2. The van der Waals surface area contributed by atoms with Gasteiger partial charge in [0.2, 0.25) is 0 Å². The number of benzene rings is 1. The number of nitrogens with zero attached hydrogens (tertiary/aromatic N) is 4. The Balaban J connectivity index is 0.00000225. The van der Waals surface area contributed by atoms with Gasteiger partial charge in [0.05, 0.1) is 6.54 Å².